The minimum Gasteiger partial charge on any atom is -0.493 e. The highest BCUT2D eigenvalue weighted by Gasteiger charge is 2.18. The number of hydrogen-bond acceptors (Lipinski definition) is 3. The first-order chi connectivity index (χ1) is 8.60. The van der Waals surface area contributed by atoms with Crippen molar-refractivity contribution >= 4 is 11.6 Å². The highest BCUT2D eigenvalue weighted by Crippen LogP contribution is 2.33. The summed E-state index contributed by atoms with van der Waals surface area (Å²) in [7, 11) is 2.11. The summed E-state index contributed by atoms with van der Waals surface area (Å²) in [6.45, 7) is 5.49. The van der Waals surface area contributed by atoms with Crippen LogP contribution in [-0.4, -0.2) is 31.6 Å². The molecule has 0 radical (unpaired) electrons. The summed E-state index contributed by atoms with van der Waals surface area (Å²) in [5, 5.41) is 0.800. The molecule has 18 heavy (non-hydrogen) atoms. The maximum atomic E-state index is 6.15. The molecule has 1 aromatic carbocycles. The molecule has 0 amide bonds. The van der Waals surface area contributed by atoms with Crippen LogP contribution in [-0.2, 0) is 13.0 Å². The van der Waals surface area contributed by atoms with Crippen LogP contribution < -0.4 is 10.5 Å². The van der Waals surface area contributed by atoms with Crippen LogP contribution in [0.25, 0.3) is 0 Å². The van der Waals surface area contributed by atoms with Gasteiger partial charge < -0.3 is 15.4 Å². The van der Waals surface area contributed by atoms with Gasteiger partial charge in [-0.1, -0.05) is 18.5 Å². The minimum atomic E-state index is 0.503. The van der Waals surface area contributed by atoms with Crippen LogP contribution in [0.3, 0.4) is 0 Å². The lowest BCUT2D eigenvalue weighted by Crippen LogP contribution is -2.28. The molecule has 1 aromatic rings. The first-order valence-corrected chi connectivity index (χ1v) is 6.80. The van der Waals surface area contributed by atoms with Gasteiger partial charge in [-0.2, -0.15) is 0 Å². The number of fused-ring (bicyclic) bond motifs is 1. The Morgan fingerprint density at radius 3 is 3.00 bits per heavy atom. The van der Waals surface area contributed by atoms with Crippen molar-refractivity contribution in [3.63, 3.8) is 0 Å². The Morgan fingerprint density at radius 2 is 2.28 bits per heavy atom. The molecule has 1 aliphatic heterocycles. The monoisotopic (exact) mass is 268 g/mol. The van der Waals surface area contributed by atoms with Crippen LogP contribution in [0, 0.1) is 5.92 Å². The summed E-state index contributed by atoms with van der Waals surface area (Å²) in [6.07, 6.45) is 0.964. The number of benzene rings is 1. The van der Waals surface area contributed by atoms with E-state index >= 15 is 0 Å². The van der Waals surface area contributed by atoms with Crippen molar-refractivity contribution in [3.05, 3.63) is 28.3 Å². The number of rotatable bonds is 5. The molecule has 0 aromatic heterocycles. The molecule has 1 aliphatic rings. The molecule has 2 N–H and O–H groups in total. The van der Waals surface area contributed by atoms with E-state index in [1.165, 1.54) is 11.1 Å². The van der Waals surface area contributed by atoms with Crippen molar-refractivity contribution in [1.29, 1.82) is 0 Å². The normalized spacial score (nSPS) is 15.6. The Bertz CT molecular complexity index is 423. The van der Waals surface area contributed by atoms with E-state index in [9.17, 15) is 0 Å². The third kappa shape index (κ3) is 3.16. The number of ether oxygens (including phenoxy) is 1. The van der Waals surface area contributed by atoms with Gasteiger partial charge in [-0.25, -0.2) is 0 Å². The standard InChI is InChI=1S/C14H21ClN2O/c1-10(7-16)8-17(2)9-12-6-13(15)5-11-3-4-18-14(11)12/h5-6,10H,3-4,7-9,16H2,1-2H3. The summed E-state index contributed by atoms with van der Waals surface area (Å²) < 4.78 is 5.71. The van der Waals surface area contributed by atoms with E-state index < -0.39 is 0 Å². The van der Waals surface area contributed by atoms with Gasteiger partial charge in [0.1, 0.15) is 5.75 Å². The second kappa shape index (κ2) is 5.91. The molecule has 100 valence electrons. The number of halogens is 1. The number of hydrogen-bond donors (Lipinski definition) is 1. The van der Waals surface area contributed by atoms with Crippen LogP contribution in [0.15, 0.2) is 12.1 Å². The predicted molar refractivity (Wildman–Crippen MR) is 75.2 cm³/mol. The topological polar surface area (TPSA) is 38.5 Å². The highest BCUT2D eigenvalue weighted by molar-refractivity contribution is 6.30. The first kappa shape index (κ1) is 13.7. The Morgan fingerprint density at radius 1 is 1.50 bits per heavy atom. The lowest BCUT2D eigenvalue weighted by Gasteiger charge is -2.21. The van der Waals surface area contributed by atoms with E-state index in [4.69, 9.17) is 22.1 Å². The van der Waals surface area contributed by atoms with Gasteiger partial charge in [-0.3, -0.25) is 0 Å². The van der Waals surface area contributed by atoms with Gasteiger partial charge in [-0.15, -0.1) is 0 Å². The molecule has 0 aliphatic carbocycles. The van der Waals surface area contributed by atoms with Crippen LogP contribution in [0.4, 0.5) is 0 Å². The first-order valence-electron chi connectivity index (χ1n) is 6.43. The van der Waals surface area contributed by atoms with E-state index in [0.29, 0.717) is 12.5 Å². The number of nitrogens with zero attached hydrogens (tertiary/aromatic N) is 1. The fourth-order valence-corrected chi connectivity index (χ4v) is 2.69. The fraction of sp³-hybridized carbons (Fsp3) is 0.571. The fourth-order valence-electron chi connectivity index (χ4n) is 2.43. The zero-order valence-corrected chi connectivity index (χ0v) is 11.8. The van der Waals surface area contributed by atoms with Gasteiger partial charge in [-0.05, 0) is 37.2 Å². The van der Waals surface area contributed by atoms with Gasteiger partial charge in [0.25, 0.3) is 0 Å². The average Bonchev–Trinajstić information content (AvgIpc) is 2.76. The zero-order chi connectivity index (χ0) is 13.1. The molecule has 1 unspecified atom stereocenters. The third-order valence-electron chi connectivity index (χ3n) is 3.29. The van der Waals surface area contributed by atoms with Crippen molar-refractivity contribution < 1.29 is 4.74 Å². The Labute approximate surface area is 114 Å². The maximum Gasteiger partial charge on any atom is 0.127 e. The van der Waals surface area contributed by atoms with Crippen molar-refractivity contribution in [2.24, 2.45) is 11.7 Å². The van der Waals surface area contributed by atoms with E-state index in [0.717, 1.165) is 36.9 Å². The molecule has 1 atom stereocenters. The Balaban J connectivity index is 2.09. The van der Waals surface area contributed by atoms with Gasteiger partial charge in [0.05, 0.1) is 6.61 Å². The van der Waals surface area contributed by atoms with Crippen molar-refractivity contribution in [3.8, 4) is 5.75 Å². The SMILES string of the molecule is CC(CN)CN(C)Cc1cc(Cl)cc2c1OCC2. The molecule has 0 saturated carbocycles. The minimum absolute atomic E-state index is 0.503. The van der Waals surface area contributed by atoms with Crippen LogP contribution in [0.2, 0.25) is 5.02 Å². The lowest BCUT2D eigenvalue weighted by molar-refractivity contribution is 0.275. The van der Waals surface area contributed by atoms with Crippen molar-refractivity contribution in [2.45, 2.75) is 19.9 Å². The maximum absolute atomic E-state index is 6.15. The molecule has 0 spiro atoms. The van der Waals surface area contributed by atoms with Crippen LogP contribution in [0.1, 0.15) is 18.1 Å². The second-order valence-corrected chi connectivity index (χ2v) is 5.63. The summed E-state index contributed by atoms with van der Waals surface area (Å²) in [4.78, 5) is 2.27. The molecular weight excluding hydrogens is 248 g/mol. The van der Waals surface area contributed by atoms with Gasteiger partial charge in [0.15, 0.2) is 0 Å². The largest absolute Gasteiger partial charge is 0.493 e. The zero-order valence-electron chi connectivity index (χ0n) is 11.1. The molecular formula is C14H21ClN2O. The van der Waals surface area contributed by atoms with E-state index in [1.54, 1.807) is 0 Å². The summed E-state index contributed by atoms with van der Waals surface area (Å²) >= 11 is 6.15. The predicted octanol–water partition coefficient (Wildman–Crippen LogP) is 2.30. The van der Waals surface area contributed by atoms with Gasteiger partial charge >= 0.3 is 0 Å². The number of nitrogens with two attached hydrogens (primary N) is 1. The van der Waals surface area contributed by atoms with Crippen LogP contribution >= 0.6 is 11.6 Å². The summed E-state index contributed by atoms with van der Waals surface area (Å²) in [5.74, 6) is 1.54. The van der Waals surface area contributed by atoms with E-state index in [2.05, 4.69) is 18.9 Å². The molecule has 4 heteroatoms. The molecule has 0 bridgehead atoms. The van der Waals surface area contributed by atoms with Crippen molar-refractivity contribution in [1.82, 2.24) is 4.90 Å². The second-order valence-electron chi connectivity index (χ2n) is 5.19. The molecule has 2 rings (SSSR count). The lowest BCUT2D eigenvalue weighted by atomic mass is 10.1. The van der Waals surface area contributed by atoms with E-state index in [1.807, 2.05) is 12.1 Å². The van der Waals surface area contributed by atoms with Crippen molar-refractivity contribution in [2.75, 3.05) is 26.7 Å². The van der Waals surface area contributed by atoms with Gasteiger partial charge in [0.2, 0.25) is 0 Å². The molecule has 1 heterocycles. The third-order valence-corrected chi connectivity index (χ3v) is 3.51. The molecule has 3 nitrogen and oxygen atoms in total. The highest BCUT2D eigenvalue weighted by atomic mass is 35.5. The Hall–Kier alpha value is -0.770. The quantitative estimate of drug-likeness (QED) is 0.891. The Kier molecular flexibility index (Phi) is 4.49. The molecule has 0 saturated heterocycles. The molecule has 0 fully saturated rings. The smallest absolute Gasteiger partial charge is 0.127 e. The van der Waals surface area contributed by atoms with E-state index in [-0.39, 0.29) is 0 Å². The van der Waals surface area contributed by atoms with Gasteiger partial charge in [0, 0.05) is 30.1 Å². The summed E-state index contributed by atoms with van der Waals surface area (Å²) in [6, 6.07) is 4.02. The summed E-state index contributed by atoms with van der Waals surface area (Å²) in [5.41, 5.74) is 8.07. The van der Waals surface area contributed by atoms with Crippen LogP contribution in [0.5, 0.6) is 5.75 Å². The average molecular weight is 269 g/mol.